The Labute approximate surface area is 110 Å². The van der Waals surface area contributed by atoms with Gasteiger partial charge in [0, 0.05) is 17.3 Å². The molecule has 1 heterocycles. The van der Waals surface area contributed by atoms with Crippen LogP contribution in [0.5, 0.6) is 0 Å². The number of nitrogens with one attached hydrogen (secondary N) is 1. The predicted molar refractivity (Wildman–Crippen MR) is 70.1 cm³/mol. The van der Waals surface area contributed by atoms with Crippen molar-refractivity contribution in [1.29, 1.82) is 5.41 Å². The van der Waals surface area contributed by atoms with E-state index in [2.05, 4.69) is 4.98 Å². The number of aromatic nitrogens is 1. The number of nitrogens with zero attached hydrogens (tertiary/aromatic N) is 1. The Kier molecular flexibility index (Phi) is 4.20. The molecule has 0 saturated carbocycles. The van der Waals surface area contributed by atoms with E-state index in [1.54, 1.807) is 36.5 Å². The third-order valence-corrected chi connectivity index (χ3v) is 2.62. The van der Waals surface area contributed by atoms with Crippen molar-refractivity contribution in [2.75, 3.05) is 0 Å². The summed E-state index contributed by atoms with van der Waals surface area (Å²) in [6.07, 6.45) is 1.57. The summed E-state index contributed by atoms with van der Waals surface area (Å²) in [5.41, 5.74) is 7.04. The number of ether oxygens (including phenoxy) is 1. The van der Waals surface area contributed by atoms with Gasteiger partial charge in [-0.15, -0.1) is 0 Å². The van der Waals surface area contributed by atoms with Gasteiger partial charge in [-0.2, -0.15) is 0 Å². The van der Waals surface area contributed by atoms with E-state index in [0.29, 0.717) is 16.8 Å². The van der Waals surface area contributed by atoms with Gasteiger partial charge in [-0.05, 0) is 12.1 Å². The van der Waals surface area contributed by atoms with E-state index in [1.807, 2.05) is 0 Å². The van der Waals surface area contributed by atoms with Crippen molar-refractivity contribution in [1.82, 2.24) is 4.98 Å². The van der Waals surface area contributed by atoms with Crippen LogP contribution >= 0.6 is 0 Å². The number of hydrogen-bond donors (Lipinski definition) is 2. The molecule has 0 unspecified atom stereocenters. The quantitative estimate of drug-likeness (QED) is 0.638. The van der Waals surface area contributed by atoms with Crippen molar-refractivity contribution < 1.29 is 9.13 Å². The number of rotatable bonds is 5. The van der Waals surface area contributed by atoms with Gasteiger partial charge in [-0.1, -0.05) is 24.3 Å². The van der Waals surface area contributed by atoms with Crippen molar-refractivity contribution in [2.24, 2.45) is 5.73 Å². The van der Waals surface area contributed by atoms with E-state index in [1.165, 1.54) is 6.07 Å². The van der Waals surface area contributed by atoms with E-state index in [4.69, 9.17) is 15.9 Å². The van der Waals surface area contributed by atoms with Gasteiger partial charge in [-0.3, -0.25) is 10.4 Å². The maximum absolute atomic E-state index is 13.4. The Morgan fingerprint density at radius 1 is 1.16 bits per heavy atom. The third-order valence-electron chi connectivity index (χ3n) is 2.62. The van der Waals surface area contributed by atoms with Crippen molar-refractivity contribution >= 4 is 5.84 Å². The molecule has 0 fully saturated rings. The lowest BCUT2D eigenvalue weighted by Gasteiger charge is -2.08. The van der Waals surface area contributed by atoms with Crippen molar-refractivity contribution in [2.45, 2.75) is 13.2 Å². The monoisotopic (exact) mass is 259 g/mol. The minimum atomic E-state index is -0.291. The lowest BCUT2D eigenvalue weighted by Crippen LogP contribution is -2.16. The summed E-state index contributed by atoms with van der Waals surface area (Å²) in [4.78, 5) is 4.02. The summed E-state index contributed by atoms with van der Waals surface area (Å²) in [5.74, 6) is -0.398. The maximum Gasteiger partial charge on any atom is 0.142 e. The van der Waals surface area contributed by atoms with Gasteiger partial charge in [0.2, 0.25) is 0 Å². The van der Waals surface area contributed by atoms with Crippen molar-refractivity contribution in [3.8, 4) is 0 Å². The Hall–Kier alpha value is -2.27. The molecule has 5 heteroatoms. The van der Waals surface area contributed by atoms with E-state index >= 15 is 0 Å². The first-order chi connectivity index (χ1) is 9.18. The van der Waals surface area contributed by atoms with Gasteiger partial charge in [0.1, 0.15) is 17.3 Å². The molecule has 0 aliphatic heterocycles. The molecule has 98 valence electrons. The fourth-order valence-electron chi connectivity index (χ4n) is 1.68. The van der Waals surface area contributed by atoms with E-state index < -0.39 is 0 Å². The molecule has 3 N–H and O–H groups in total. The third kappa shape index (κ3) is 3.35. The molecule has 19 heavy (non-hydrogen) atoms. The molecule has 2 aromatic rings. The average molecular weight is 259 g/mol. The van der Waals surface area contributed by atoms with E-state index in [0.717, 1.165) is 0 Å². The number of benzene rings is 1. The zero-order valence-corrected chi connectivity index (χ0v) is 10.3. The van der Waals surface area contributed by atoms with Gasteiger partial charge in [0.25, 0.3) is 0 Å². The highest BCUT2D eigenvalue weighted by Gasteiger charge is 2.07. The number of hydrogen-bond acceptors (Lipinski definition) is 3. The van der Waals surface area contributed by atoms with Crippen LogP contribution in [0.2, 0.25) is 0 Å². The maximum atomic E-state index is 13.4. The molecule has 1 aromatic heterocycles. The van der Waals surface area contributed by atoms with Crippen LogP contribution in [0.25, 0.3) is 0 Å². The van der Waals surface area contributed by atoms with Gasteiger partial charge in [-0.25, -0.2) is 4.39 Å². The highest BCUT2D eigenvalue weighted by atomic mass is 19.1. The SMILES string of the molecule is N=C(N)c1ncccc1COCc1ccccc1F. The average Bonchev–Trinajstić information content (AvgIpc) is 2.41. The number of pyridine rings is 1. The summed E-state index contributed by atoms with van der Waals surface area (Å²) >= 11 is 0. The van der Waals surface area contributed by atoms with Crippen LogP contribution in [-0.2, 0) is 18.0 Å². The smallest absolute Gasteiger partial charge is 0.142 e. The highest BCUT2D eigenvalue weighted by molar-refractivity contribution is 5.94. The Bertz CT molecular complexity index is 586. The van der Waals surface area contributed by atoms with Crippen LogP contribution in [0, 0.1) is 11.2 Å². The molecular weight excluding hydrogens is 245 g/mol. The summed E-state index contributed by atoms with van der Waals surface area (Å²) in [6.45, 7) is 0.399. The van der Waals surface area contributed by atoms with Crippen molar-refractivity contribution in [3.05, 3.63) is 65.2 Å². The second-order valence-corrected chi connectivity index (χ2v) is 4.01. The van der Waals surface area contributed by atoms with Gasteiger partial charge >= 0.3 is 0 Å². The lowest BCUT2D eigenvalue weighted by molar-refractivity contribution is 0.104. The first-order valence-electron chi connectivity index (χ1n) is 5.78. The summed E-state index contributed by atoms with van der Waals surface area (Å²) in [5, 5.41) is 7.41. The lowest BCUT2D eigenvalue weighted by atomic mass is 10.2. The second kappa shape index (κ2) is 6.06. The zero-order chi connectivity index (χ0) is 13.7. The first-order valence-corrected chi connectivity index (χ1v) is 5.78. The molecule has 0 atom stereocenters. The Morgan fingerprint density at radius 2 is 1.84 bits per heavy atom. The molecule has 0 bridgehead atoms. The minimum absolute atomic E-state index is 0.106. The molecule has 1 aromatic carbocycles. The molecule has 0 spiro atoms. The van der Waals surface area contributed by atoms with Crippen LogP contribution in [0.1, 0.15) is 16.8 Å². The molecule has 2 rings (SSSR count). The number of halogens is 1. The summed E-state index contributed by atoms with van der Waals surface area (Å²) in [6, 6.07) is 9.98. The zero-order valence-electron chi connectivity index (χ0n) is 10.3. The van der Waals surface area contributed by atoms with E-state index in [9.17, 15) is 4.39 Å². The topological polar surface area (TPSA) is 72.0 Å². The van der Waals surface area contributed by atoms with Gasteiger partial charge in [0.15, 0.2) is 0 Å². The number of nitrogen functional groups attached to an aromatic ring is 1. The summed E-state index contributed by atoms with van der Waals surface area (Å²) in [7, 11) is 0. The van der Waals surface area contributed by atoms with Crippen LogP contribution in [0.4, 0.5) is 4.39 Å². The van der Waals surface area contributed by atoms with E-state index in [-0.39, 0.29) is 24.9 Å². The predicted octanol–water partition coefficient (Wildman–Crippen LogP) is 2.22. The molecular formula is C14H14FN3O. The largest absolute Gasteiger partial charge is 0.382 e. The number of nitrogens with two attached hydrogens (primary N) is 1. The molecule has 4 nitrogen and oxygen atoms in total. The van der Waals surface area contributed by atoms with Crippen LogP contribution in [-0.4, -0.2) is 10.8 Å². The minimum Gasteiger partial charge on any atom is -0.382 e. The first kappa shape index (κ1) is 13.2. The Morgan fingerprint density at radius 3 is 2.58 bits per heavy atom. The van der Waals surface area contributed by atoms with Gasteiger partial charge in [0.05, 0.1) is 13.2 Å². The molecule has 0 aliphatic carbocycles. The van der Waals surface area contributed by atoms with Crippen molar-refractivity contribution in [3.63, 3.8) is 0 Å². The van der Waals surface area contributed by atoms with Gasteiger partial charge < -0.3 is 10.5 Å². The van der Waals surface area contributed by atoms with Crippen LogP contribution in [0.3, 0.4) is 0 Å². The Balaban J connectivity index is 2.00. The molecule has 0 aliphatic rings. The standard InChI is InChI=1S/C14H14FN3O/c15-12-6-2-1-4-10(12)8-19-9-11-5-3-7-18-13(11)14(16)17/h1-7H,8-9H2,(H3,16,17). The molecule has 0 radical (unpaired) electrons. The van der Waals surface area contributed by atoms with Crippen LogP contribution < -0.4 is 5.73 Å². The number of amidine groups is 1. The fourth-order valence-corrected chi connectivity index (χ4v) is 1.68. The fraction of sp³-hybridized carbons (Fsp3) is 0.143. The van der Waals surface area contributed by atoms with Crippen LogP contribution in [0.15, 0.2) is 42.6 Å². The normalized spacial score (nSPS) is 10.4. The second-order valence-electron chi connectivity index (χ2n) is 4.01. The molecule has 0 saturated heterocycles. The molecule has 0 amide bonds. The highest BCUT2D eigenvalue weighted by Crippen LogP contribution is 2.11. The summed E-state index contributed by atoms with van der Waals surface area (Å²) < 4.78 is 18.8.